The largest absolute Gasteiger partial charge is 0.467 e. The molecule has 0 saturated heterocycles. The standard InChI is InChI=1S/C51H29BN2OS/c1-28-42(21-23-55-28)53-43-19-10-20-44-49(43)52(40-25-37-33-15-5-2-11-29(33)30-12-3-6-16-34(30)38(37)27-46(40)53)41-26-39-35-17-7-4-13-31(35)32-14-8-9-18-36(32)47(39)48-50(41)54(44)45-22-24-56-51(45)48/h2-27H,1H3. The highest BCUT2D eigenvalue weighted by atomic mass is 32.1. The molecule has 5 heterocycles. The summed E-state index contributed by atoms with van der Waals surface area (Å²) in [6, 6.07) is 54.9. The second-order valence-electron chi connectivity index (χ2n) is 15.6. The summed E-state index contributed by atoms with van der Waals surface area (Å²) in [6.07, 6.45) is 1.83. The Balaban J connectivity index is 1.23. The SMILES string of the molecule is Cc1occc1N1c2cc3c4ccccc4c4ccccc4c3cc2B2c3c1cccc3-n1c3ccsc3c3c4c5ccccc5c5ccccc5c4cc2c31. The zero-order valence-electron chi connectivity index (χ0n) is 30.3. The molecule has 0 aliphatic carbocycles. The van der Waals surface area contributed by atoms with E-state index in [1.54, 1.807) is 0 Å². The van der Waals surface area contributed by atoms with Crippen molar-refractivity contribution in [3.05, 3.63) is 163 Å². The highest BCUT2D eigenvalue weighted by molar-refractivity contribution is 7.18. The zero-order valence-corrected chi connectivity index (χ0v) is 31.1. The Morgan fingerprint density at radius 1 is 0.482 bits per heavy atom. The topological polar surface area (TPSA) is 21.3 Å². The highest BCUT2D eigenvalue weighted by Crippen LogP contribution is 2.48. The molecule has 2 aliphatic rings. The van der Waals surface area contributed by atoms with Crippen LogP contribution in [-0.2, 0) is 0 Å². The Bertz CT molecular complexity index is 3760. The zero-order chi connectivity index (χ0) is 36.4. The van der Waals surface area contributed by atoms with Gasteiger partial charge in [0.1, 0.15) is 5.76 Å². The third-order valence-electron chi connectivity index (χ3n) is 13.0. The summed E-state index contributed by atoms with van der Waals surface area (Å²) >= 11 is 1.87. The number of aromatic nitrogens is 1. The van der Waals surface area contributed by atoms with E-state index >= 15 is 0 Å². The van der Waals surface area contributed by atoms with E-state index in [0.717, 1.165) is 11.4 Å². The van der Waals surface area contributed by atoms with Crippen LogP contribution in [0.1, 0.15) is 5.76 Å². The minimum absolute atomic E-state index is 0.00271. The third-order valence-corrected chi connectivity index (χ3v) is 13.9. The molecular weight excluding hydrogens is 699 g/mol. The molecule has 0 N–H and O–H groups in total. The average Bonchev–Trinajstić information content (AvgIpc) is 3.99. The van der Waals surface area contributed by atoms with Gasteiger partial charge in [0.15, 0.2) is 0 Å². The van der Waals surface area contributed by atoms with Crippen molar-refractivity contribution in [2.45, 2.75) is 6.92 Å². The van der Waals surface area contributed by atoms with E-state index in [9.17, 15) is 0 Å². The van der Waals surface area contributed by atoms with E-state index in [0.29, 0.717) is 0 Å². The van der Waals surface area contributed by atoms with Crippen LogP contribution in [0, 0.1) is 6.92 Å². The minimum Gasteiger partial charge on any atom is -0.467 e. The predicted octanol–water partition coefficient (Wildman–Crippen LogP) is 12.3. The normalized spacial score (nSPS) is 13.4. The molecule has 3 aromatic heterocycles. The van der Waals surface area contributed by atoms with Crippen LogP contribution >= 0.6 is 11.3 Å². The molecule has 5 heteroatoms. The third kappa shape index (κ3) is 3.43. The van der Waals surface area contributed by atoms with Crippen molar-refractivity contribution in [2.24, 2.45) is 0 Å². The lowest BCUT2D eigenvalue weighted by Gasteiger charge is -2.40. The predicted molar refractivity (Wildman–Crippen MR) is 240 cm³/mol. The van der Waals surface area contributed by atoms with E-state index in [1.807, 2.05) is 17.6 Å². The van der Waals surface area contributed by atoms with Gasteiger partial charge in [-0.05, 0) is 112 Å². The summed E-state index contributed by atoms with van der Waals surface area (Å²) in [7, 11) is 0. The maximum Gasteiger partial charge on any atom is 0.252 e. The smallest absolute Gasteiger partial charge is 0.252 e. The first-order chi connectivity index (χ1) is 27.7. The average molecular weight is 729 g/mol. The van der Waals surface area contributed by atoms with E-state index in [-0.39, 0.29) is 6.71 Å². The van der Waals surface area contributed by atoms with Gasteiger partial charge < -0.3 is 13.9 Å². The first-order valence-electron chi connectivity index (χ1n) is 19.4. The van der Waals surface area contributed by atoms with Gasteiger partial charge in [-0.15, -0.1) is 11.3 Å². The maximum absolute atomic E-state index is 6.08. The van der Waals surface area contributed by atoms with Crippen LogP contribution in [0.3, 0.4) is 0 Å². The number of hydrogen-bond acceptors (Lipinski definition) is 3. The van der Waals surface area contributed by atoms with E-state index in [4.69, 9.17) is 4.42 Å². The summed E-state index contributed by atoms with van der Waals surface area (Å²) in [6.45, 7) is 2.09. The summed E-state index contributed by atoms with van der Waals surface area (Å²) in [5.41, 5.74) is 11.4. The van der Waals surface area contributed by atoms with Gasteiger partial charge in [0.2, 0.25) is 0 Å². The van der Waals surface area contributed by atoms with Crippen molar-refractivity contribution >= 4 is 137 Å². The summed E-state index contributed by atoms with van der Waals surface area (Å²) in [4.78, 5) is 2.48. The van der Waals surface area contributed by atoms with Crippen molar-refractivity contribution in [1.82, 2.24) is 4.57 Å². The number of aryl methyl sites for hydroxylation is 1. The quantitative estimate of drug-likeness (QED) is 0.124. The Morgan fingerprint density at radius 2 is 1.05 bits per heavy atom. The number of rotatable bonds is 1. The Hall–Kier alpha value is -6.82. The molecule has 9 aromatic carbocycles. The number of thiophene rings is 1. The molecule has 0 unspecified atom stereocenters. The summed E-state index contributed by atoms with van der Waals surface area (Å²) in [5, 5.41) is 19.2. The first-order valence-corrected chi connectivity index (χ1v) is 20.2. The lowest BCUT2D eigenvalue weighted by molar-refractivity contribution is 0.535. The summed E-state index contributed by atoms with van der Waals surface area (Å²) < 4.78 is 10.0. The summed E-state index contributed by atoms with van der Waals surface area (Å²) in [5.74, 6) is 0.902. The number of hydrogen-bond donors (Lipinski definition) is 0. The fourth-order valence-electron chi connectivity index (χ4n) is 10.9. The van der Waals surface area contributed by atoms with E-state index < -0.39 is 0 Å². The molecule has 0 radical (unpaired) electrons. The molecule has 0 amide bonds. The molecule has 56 heavy (non-hydrogen) atoms. The van der Waals surface area contributed by atoms with Gasteiger partial charge in [-0.3, -0.25) is 0 Å². The molecule has 0 atom stereocenters. The Kier molecular flexibility index (Phi) is 5.42. The van der Waals surface area contributed by atoms with Gasteiger partial charge in [0.25, 0.3) is 6.71 Å². The lowest BCUT2D eigenvalue weighted by Crippen LogP contribution is -2.60. The van der Waals surface area contributed by atoms with Gasteiger partial charge in [0.05, 0.1) is 27.7 Å². The Morgan fingerprint density at radius 3 is 1.71 bits per heavy atom. The van der Waals surface area contributed by atoms with Gasteiger partial charge in [0, 0.05) is 33.9 Å². The van der Waals surface area contributed by atoms with Crippen LogP contribution in [0.5, 0.6) is 0 Å². The second kappa shape index (κ2) is 10.3. The molecule has 0 saturated carbocycles. The van der Waals surface area contributed by atoms with Gasteiger partial charge in [-0.1, -0.05) is 115 Å². The molecule has 258 valence electrons. The molecule has 3 nitrogen and oxygen atoms in total. The van der Waals surface area contributed by atoms with Crippen molar-refractivity contribution in [3.8, 4) is 5.69 Å². The molecule has 2 aliphatic heterocycles. The van der Waals surface area contributed by atoms with Gasteiger partial charge in [-0.2, -0.15) is 0 Å². The first kappa shape index (κ1) is 29.5. The van der Waals surface area contributed by atoms with E-state index in [1.165, 1.54) is 119 Å². The van der Waals surface area contributed by atoms with Crippen molar-refractivity contribution in [2.75, 3.05) is 4.90 Å². The van der Waals surface area contributed by atoms with Gasteiger partial charge >= 0.3 is 0 Å². The number of fused-ring (bicyclic) bond motifs is 20. The monoisotopic (exact) mass is 728 g/mol. The van der Waals surface area contributed by atoms with Crippen molar-refractivity contribution in [3.63, 3.8) is 0 Å². The van der Waals surface area contributed by atoms with Crippen LogP contribution in [0.4, 0.5) is 17.1 Å². The molecular formula is C51H29BN2OS. The Labute approximate surface area is 325 Å². The molecule has 0 fully saturated rings. The lowest BCUT2D eigenvalue weighted by atomic mass is 9.33. The second-order valence-corrected chi connectivity index (χ2v) is 16.5. The van der Waals surface area contributed by atoms with Crippen LogP contribution in [-0.4, -0.2) is 11.3 Å². The van der Waals surface area contributed by atoms with E-state index in [2.05, 4.69) is 167 Å². The number of furan rings is 1. The van der Waals surface area contributed by atoms with Crippen LogP contribution in [0.15, 0.2) is 162 Å². The van der Waals surface area contributed by atoms with Crippen molar-refractivity contribution in [1.29, 1.82) is 0 Å². The van der Waals surface area contributed by atoms with Crippen LogP contribution < -0.4 is 21.3 Å². The van der Waals surface area contributed by atoms with Crippen molar-refractivity contribution < 1.29 is 4.42 Å². The molecule has 0 bridgehead atoms. The fourth-order valence-corrected chi connectivity index (χ4v) is 11.8. The number of nitrogens with zero attached hydrogens (tertiary/aromatic N) is 2. The number of anilines is 3. The van der Waals surface area contributed by atoms with Gasteiger partial charge in [-0.25, -0.2) is 0 Å². The minimum atomic E-state index is 0.00271. The fraction of sp³-hybridized carbons (Fsp3) is 0.0196. The van der Waals surface area contributed by atoms with Crippen LogP contribution in [0.2, 0.25) is 0 Å². The molecule has 14 rings (SSSR count). The maximum atomic E-state index is 6.08. The molecule has 12 aromatic rings. The highest BCUT2D eigenvalue weighted by Gasteiger charge is 2.43. The number of benzene rings is 9. The molecule has 0 spiro atoms. The van der Waals surface area contributed by atoms with Crippen LogP contribution in [0.25, 0.3) is 91.4 Å².